The van der Waals surface area contributed by atoms with Crippen LogP contribution in [0.15, 0.2) is 18.2 Å². The summed E-state index contributed by atoms with van der Waals surface area (Å²) in [6, 6.07) is 5.78. The molecule has 0 N–H and O–H groups in total. The van der Waals surface area contributed by atoms with Gasteiger partial charge in [-0.15, -0.1) is 11.3 Å². The van der Waals surface area contributed by atoms with Crippen LogP contribution in [-0.4, -0.2) is 6.29 Å². The summed E-state index contributed by atoms with van der Waals surface area (Å²) >= 11 is 7.58. The molecule has 72 valence electrons. The Morgan fingerprint density at radius 1 is 1.50 bits per heavy atom. The third-order valence-corrected chi connectivity index (χ3v) is 3.62. The number of aldehydes is 1. The minimum Gasteiger partial charge on any atom is -0.297 e. The lowest BCUT2D eigenvalue weighted by Crippen LogP contribution is -1.82. The van der Waals surface area contributed by atoms with Crippen molar-refractivity contribution in [1.29, 1.82) is 0 Å². The molecule has 0 bridgehead atoms. The lowest BCUT2D eigenvalue weighted by Gasteiger charge is -2.01. The average molecular weight is 225 g/mol. The highest BCUT2D eigenvalue weighted by Gasteiger charge is 2.07. The minimum absolute atomic E-state index is 0.761. The molecular weight excluding hydrogens is 216 g/mol. The fraction of sp³-hybridized carbons (Fsp3) is 0.182. The van der Waals surface area contributed by atoms with Crippen LogP contribution < -0.4 is 0 Å². The van der Waals surface area contributed by atoms with Gasteiger partial charge < -0.3 is 0 Å². The first-order chi connectivity index (χ1) is 6.76. The maximum atomic E-state index is 10.6. The van der Waals surface area contributed by atoms with Crippen molar-refractivity contribution in [3.63, 3.8) is 0 Å². The molecule has 2 rings (SSSR count). The standard InChI is InChI=1S/C11H9ClOS/c1-2-8-9-5-7(6-13)14-11(9)4-3-10(8)12/h3-6H,2H2,1H3. The average Bonchev–Trinajstić information content (AvgIpc) is 2.60. The molecule has 0 fully saturated rings. The van der Waals surface area contributed by atoms with E-state index in [1.54, 1.807) is 0 Å². The molecule has 0 aliphatic heterocycles. The van der Waals surface area contributed by atoms with Gasteiger partial charge in [0.05, 0.1) is 4.88 Å². The van der Waals surface area contributed by atoms with Gasteiger partial charge in [0.25, 0.3) is 0 Å². The lowest BCUT2D eigenvalue weighted by molar-refractivity contribution is 0.112. The van der Waals surface area contributed by atoms with Crippen LogP contribution in [0.2, 0.25) is 5.02 Å². The smallest absolute Gasteiger partial charge is 0.160 e. The normalized spacial score (nSPS) is 10.7. The number of thiophene rings is 1. The molecular formula is C11H9ClOS. The Morgan fingerprint density at radius 2 is 2.29 bits per heavy atom. The summed E-state index contributed by atoms with van der Waals surface area (Å²) in [7, 11) is 0. The van der Waals surface area contributed by atoms with Gasteiger partial charge in [0.15, 0.2) is 6.29 Å². The fourth-order valence-corrected chi connectivity index (χ4v) is 2.79. The van der Waals surface area contributed by atoms with E-state index in [4.69, 9.17) is 11.6 Å². The monoisotopic (exact) mass is 224 g/mol. The van der Waals surface area contributed by atoms with Crippen LogP contribution in [0.5, 0.6) is 0 Å². The lowest BCUT2D eigenvalue weighted by atomic mass is 10.1. The second-order valence-corrected chi connectivity index (χ2v) is 4.58. The van der Waals surface area contributed by atoms with Crippen molar-refractivity contribution in [2.24, 2.45) is 0 Å². The van der Waals surface area contributed by atoms with Crippen LogP contribution >= 0.6 is 22.9 Å². The first-order valence-electron chi connectivity index (χ1n) is 4.42. The van der Waals surface area contributed by atoms with E-state index in [1.807, 2.05) is 18.2 Å². The van der Waals surface area contributed by atoms with Crippen molar-refractivity contribution in [3.05, 3.63) is 33.7 Å². The topological polar surface area (TPSA) is 17.1 Å². The molecule has 1 aromatic carbocycles. The number of rotatable bonds is 2. The van der Waals surface area contributed by atoms with Crippen molar-refractivity contribution < 1.29 is 4.79 Å². The highest BCUT2D eigenvalue weighted by atomic mass is 35.5. The molecule has 0 saturated carbocycles. The molecule has 0 aliphatic carbocycles. The SMILES string of the molecule is CCc1c(Cl)ccc2sc(C=O)cc12. The van der Waals surface area contributed by atoms with Crippen LogP contribution in [0, 0.1) is 0 Å². The zero-order valence-corrected chi connectivity index (χ0v) is 9.28. The van der Waals surface area contributed by atoms with E-state index >= 15 is 0 Å². The van der Waals surface area contributed by atoms with Gasteiger partial charge in [-0.05, 0) is 35.6 Å². The zero-order valence-electron chi connectivity index (χ0n) is 7.71. The number of aryl methyl sites for hydroxylation is 1. The summed E-state index contributed by atoms with van der Waals surface area (Å²) in [6.45, 7) is 2.07. The second-order valence-electron chi connectivity index (χ2n) is 3.06. The molecule has 0 aliphatic rings. The van der Waals surface area contributed by atoms with Crippen molar-refractivity contribution in [2.75, 3.05) is 0 Å². The number of hydrogen-bond donors (Lipinski definition) is 0. The predicted octanol–water partition coefficient (Wildman–Crippen LogP) is 3.93. The third-order valence-electron chi connectivity index (χ3n) is 2.24. The van der Waals surface area contributed by atoms with E-state index < -0.39 is 0 Å². The van der Waals surface area contributed by atoms with Crippen LogP contribution in [0.3, 0.4) is 0 Å². The minimum atomic E-state index is 0.761. The summed E-state index contributed by atoms with van der Waals surface area (Å²) in [4.78, 5) is 11.4. The quantitative estimate of drug-likeness (QED) is 0.707. The largest absolute Gasteiger partial charge is 0.297 e. The van der Waals surface area contributed by atoms with Gasteiger partial charge in [-0.1, -0.05) is 18.5 Å². The third kappa shape index (κ3) is 1.45. The van der Waals surface area contributed by atoms with E-state index in [-0.39, 0.29) is 0 Å². The van der Waals surface area contributed by atoms with Crippen LogP contribution in [0.25, 0.3) is 10.1 Å². The van der Waals surface area contributed by atoms with Crippen LogP contribution in [-0.2, 0) is 6.42 Å². The molecule has 1 heterocycles. The molecule has 0 saturated heterocycles. The van der Waals surface area contributed by atoms with Gasteiger partial charge in [0, 0.05) is 9.72 Å². The molecule has 0 spiro atoms. The van der Waals surface area contributed by atoms with Gasteiger partial charge in [-0.3, -0.25) is 4.79 Å². The molecule has 1 aromatic heterocycles. The second kappa shape index (κ2) is 3.71. The first kappa shape index (κ1) is 9.69. The summed E-state index contributed by atoms with van der Waals surface area (Å²) in [5, 5.41) is 1.90. The Balaban J connectivity index is 2.79. The van der Waals surface area contributed by atoms with E-state index in [0.29, 0.717) is 0 Å². The Bertz CT molecular complexity index is 487. The highest BCUT2D eigenvalue weighted by Crippen LogP contribution is 2.32. The number of carbonyl (C=O) groups is 1. The first-order valence-corrected chi connectivity index (χ1v) is 5.61. The van der Waals surface area contributed by atoms with Crippen molar-refractivity contribution >= 4 is 39.3 Å². The molecule has 0 unspecified atom stereocenters. The molecule has 0 amide bonds. The van der Waals surface area contributed by atoms with Crippen molar-refractivity contribution in [2.45, 2.75) is 13.3 Å². The van der Waals surface area contributed by atoms with E-state index in [9.17, 15) is 4.79 Å². The predicted molar refractivity (Wildman–Crippen MR) is 61.6 cm³/mol. The summed E-state index contributed by atoms with van der Waals surface area (Å²) in [5.74, 6) is 0. The van der Waals surface area contributed by atoms with Crippen LogP contribution in [0.4, 0.5) is 0 Å². The van der Waals surface area contributed by atoms with Gasteiger partial charge in [-0.2, -0.15) is 0 Å². The molecule has 0 atom stereocenters. The maximum Gasteiger partial charge on any atom is 0.160 e. The Kier molecular flexibility index (Phi) is 2.57. The highest BCUT2D eigenvalue weighted by molar-refractivity contribution is 7.20. The number of halogens is 1. The Labute approximate surface area is 91.3 Å². The van der Waals surface area contributed by atoms with Gasteiger partial charge >= 0.3 is 0 Å². The maximum absolute atomic E-state index is 10.6. The van der Waals surface area contributed by atoms with E-state index in [1.165, 1.54) is 11.3 Å². The van der Waals surface area contributed by atoms with Crippen LogP contribution in [0.1, 0.15) is 22.2 Å². The van der Waals surface area contributed by atoms with Crippen molar-refractivity contribution in [3.8, 4) is 0 Å². The number of carbonyl (C=O) groups excluding carboxylic acids is 1. The molecule has 2 aromatic rings. The number of benzene rings is 1. The summed E-state index contributed by atoms with van der Waals surface area (Å²) < 4.78 is 1.13. The Morgan fingerprint density at radius 3 is 2.93 bits per heavy atom. The molecule has 0 radical (unpaired) electrons. The van der Waals surface area contributed by atoms with E-state index in [0.717, 1.165) is 38.3 Å². The number of hydrogen-bond acceptors (Lipinski definition) is 2. The van der Waals surface area contributed by atoms with E-state index in [2.05, 4.69) is 6.92 Å². The Hall–Kier alpha value is -0.860. The van der Waals surface area contributed by atoms with Gasteiger partial charge in [0.2, 0.25) is 0 Å². The van der Waals surface area contributed by atoms with Gasteiger partial charge in [-0.25, -0.2) is 0 Å². The molecule has 1 nitrogen and oxygen atoms in total. The summed E-state index contributed by atoms with van der Waals surface area (Å²) in [6.07, 6.45) is 1.78. The van der Waals surface area contributed by atoms with Gasteiger partial charge in [0.1, 0.15) is 0 Å². The molecule has 14 heavy (non-hydrogen) atoms. The zero-order chi connectivity index (χ0) is 10.1. The molecule has 3 heteroatoms. The number of fused-ring (bicyclic) bond motifs is 1. The fourth-order valence-electron chi connectivity index (χ4n) is 1.58. The summed E-state index contributed by atoms with van der Waals surface area (Å²) in [5.41, 5.74) is 1.13. The van der Waals surface area contributed by atoms with Crippen molar-refractivity contribution in [1.82, 2.24) is 0 Å².